The van der Waals surface area contributed by atoms with Crippen molar-refractivity contribution >= 4 is 28.9 Å². The van der Waals surface area contributed by atoms with Gasteiger partial charge in [0, 0.05) is 11.6 Å². The van der Waals surface area contributed by atoms with E-state index in [4.69, 9.17) is 4.74 Å². The second kappa shape index (κ2) is 7.91. The molecule has 1 aromatic heterocycles. The van der Waals surface area contributed by atoms with Gasteiger partial charge in [0.15, 0.2) is 6.61 Å². The van der Waals surface area contributed by atoms with Crippen molar-refractivity contribution in [1.29, 1.82) is 0 Å². The van der Waals surface area contributed by atoms with Crippen LogP contribution in [0.1, 0.15) is 32.7 Å². The van der Waals surface area contributed by atoms with Gasteiger partial charge in [0.25, 0.3) is 0 Å². The minimum Gasteiger partial charge on any atom is -0.454 e. The molecule has 0 fully saturated rings. The number of ether oxygens (including phenoxy) is 1. The number of hydrogen-bond acceptors (Lipinski definition) is 5. The average molecular weight is 360 g/mol. The summed E-state index contributed by atoms with van der Waals surface area (Å²) in [6, 6.07) is 11.3. The van der Waals surface area contributed by atoms with E-state index in [9.17, 15) is 9.59 Å². The number of fused-ring (bicyclic) bond motifs is 1. The van der Waals surface area contributed by atoms with Crippen LogP contribution in [0.25, 0.3) is 17.1 Å². The van der Waals surface area contributed by atoms with E-state index in [1.807, 2.05) is 57.2 Å². The molecule has 0 aliphatic carbocycles. The van der Waals surface area contributed by atoms with Crippen LogP contribution in [0.5, 0.6) is 0 Å². The molecule has 0 saturated carbocycles. The molecule has 0 N–H and O–H groups in total. The third-order valence-electron chi connectivity index (χ3n) is 4.34. The van der Waals surface area contributed by atoms with Crippen molar-refractivity contribution in [2.75, 3.05) is 6.61 Å². The zero-order chi connectivity index (χ0) is 19.4. The van der Waals surface area contributed by atoms with E-state index in [-0.39, 0.29) is 12.4 Å². The second-order valence-corrected chi connectivity index (χ2v) is 6.40. The first kappa shape index (κ1) is 18.5. The van der Waals surface area contributed by atoms with Gasteiger partial charge in [-0.3, -0.25) is 9.78 Å². The van der Waals surface area contributed by atoms with Gasteiger partial charge in [0.1, 0.15) is 0 Å². The van der Waals surface area contributed by atoms with E-state index < -0.39 is 5.97 Å². The Labute approximate surface area is 157 Å². The number of para-hydroxylation sites is 2. The fourth-order valence-electron chi connectivity index (χ4n) is 2.73. The summed E-state index contributed by atoms with van der Waals surface area (Å²) < 4.78 is 5.07. The minimum absolute atomic E-state index is 0.220. The molecule has 0 unspecified atom stereocenters. The van der Waals surface area contributed by atoms with E-state index in [0.717, 1.165) is 27.7 Å². The number of rotatable bonds is 5. The molecular weight excluding hydrogens is 340 g/mol. The molecule has 0 saturated heterocycles. The van der Waals surface area contributed by atoms with Crippen LogP contribution >= 0.6 is 0 Å². The lowest BCUT2D eigenvalue weighted by molar-refractivity contribution is -0.136. The highest BCUT2D eigenvalue weighted by Gasteiger charge is 2.12. The number of carbonyl (C=O) groups is 2. The lowest BCUT2D eigenvalue weighted by atomic mass is 9.98. The molecule has 27 heavy (non-hydrogen) atoms. The molecule has 0 radical (unpaired) electrons. The normalized spacial score (nSPS) is 11.1. The highest BCUT2D eigenvalue weighted by molar-refractivity contribution is 6.00. The quantitative estimate of drug-likeness (QED) is 0.391. The zero-order valence-corrected chi connectivity index (χ0v) is 15.5. The monoisotopic (exact) mass is 360 g/mol. The number of aromatic nitrogens is 2. The Hall–Kier alpha value is -3.34. The summed E-state index contributed by atoms with van der Waals surface area (Å²) >= 11 is 0. The van der Waals surface area contributed by atoms with Crippen molar-refractivity contribution < 1.29 is 14.3 Å². The Morgan fingerprint density at radius 2 is 1.70 bits per heavy atom. The smallest absolute Gasteiger partial charge is 0.331 e. The Bertz CT molecular complexity index is 1050. The number of ketones is 1. The maximum absolute atomic E-state index is 12.3. The lowest BCUT2D eigenvalue weighted by Gasteiger charge is -2.09. The molecule has 5 heteroatoms. The summed E-state index contributed by atoms with van der Waals surface area (Å²) in [6.45, 7) is 5.53. The zero-order valence-electron chi connectivity index (χ0n) is 15.5. The van der Waals surface area contributed by atoms with Gasteiger partial charge in [-0.2, -0.15) is 0 Å². The summed E-state index contributed by atoms with van der Waals surface area (Å²) in [5.74, 6) is -0.817. The first-order valence-corrected chi connectivity index (χ1v) is 8.62. The van der Waals surface area contributed by atoms with Gasteiger partial charge in [0.05, 0.1) is 22.9 Å². The van der Waals surface area contributed by atoms with Crippen LogP contribution in [0.2, 0.25) is 0 Å². The summed E-state index contributed by atoms with van der Waals surface area (Å²) in [4.78, 5) is 32.9. The standard InChI is InChI=1S/C22H20N2O3/c1-14-10-16(3)18(11-15(14)2)21(25)13-27-22(26)9-8-17-12-23-19-6-4-5-7-20(19)24-17/h4-12H,13H2,1-3H3/b9-8+. The molecule has 136 valence electrons. The Balaban J connectivity index is 1.62. The van der Waals surface area contributed by atoms with Gasteiger partial charge in [-0.05, 0) is 61.7 Å². The molecule has 0 bridgehead atoms. The third-order valence-corrected chi connectivity index (χ3v) is 4.34. The summed E-state index contributed by atoms with van der Waals surface area (Å²) in [5.41, 5.74) is 5.68. The van der Waals surface area contributed by atoms with Crippen LogP contribution in [-0.4, -0.2) is 28.3 Å². The fourth-order valence-corrected chi connectivity index (χ4v) is 2.73. The number of aryl methyl sites for hydroxylation is 3. The van der Waals surface area contributed by atoms with Crippen LogP contribution in [-0.2, 0) is 9.53 Å². The predicted molar refractivity (Wildman–Crippen MR) is 105 cm³/mol. The van der Waals surface area contributed by atoms with Gasteiger partial charge < -0.3 is 4.74 Å². The van der Waals surface area contributed by atoms with Gasteiger partial charge in [-0.25, -0.2) is 9.78 Å². The van der Waals surface area contributed by atoms with E-state index >= 15 is 0 Å². The van der Waals surface area contributed by atoms with Gasteiger partial charge in [-0.15, -0.1) is 0 Å². The Kier molecular flexibility index (Phi) is 5.41. The third kappa shape index (κ3) is 4.44. The van der Waals surface area contributed by atoms with E-state index in [1.165, 1.54) is 12.2 Å². The van der Waals surface area contributed by atoms with Crippen molar-refractivity contribution in [3.63, 3.8) is 0 Å². The molecule has 2 aromatic carbocycles. The van der Waals surface area contributed by atoms with Crippen LogP contribution < -0.4 is 0 Å². The SMILES string of the molecule is Cc1cc(C)c(C(=O)COC(=O)/C=C/c2cnc3ccccc3n2)cc1C. The van der Waals surface area contributed by atoms with Crippen LogP contribution in [0.3, 0.4) is 0 Å². The number of Topliss-reactive ketones (excluding diaryl/α,β-unsaturated/α-hetero) is 1. The van der Waals surface area contributed by atoms with Crippen molar-refractivity contribution in [3.05, 3.63) is 76.6 Å². The summed E-state index contributed by atoms with van der Waals surface area (Å²) in [6.07, 6.45) is 4.35. The predicted octanol–water partition coefficient (Wildman–Crippen LogP) is 3.99. The molecule has 3 rings (SSSR count). The first-order chi connectivity index (χ1) is 12.9. The highest BCUT2D eigenvalue weighted by Crippen LogP contribution is 2.16. The second-order valence-electron chi connectivity index (χ2n) is 6.40. The van der Waals surface area contributed by atoms with E-state index in [1.54, 1.807) is 6.20 Å². The van der Waals surface area contributed by atoms with E-state index in [2.05, 4.69) is 9.97 Å². The molecule has 0 amide bonds. The van der Waals surface area contributed by atoms with Crippen molar-refractivity contribution in [3.8, 4) is 0 Å². The summed E-state index contributed by atoms with van der Waals surface area (Å²) in [5, 5.41) is 0. The van der Waals surface area contributed by atoms with Crippen LogP contribution in [0, 0.1) is 20.8 Å². The number of hydrogen-bond donors (Lipinski definition) is 0. The fraction of sp³-hybridized carbons (Fsp3) is 0.182. The first-order valence-electron chi connectivity index (χ1n) is 8.62. The number of nitrogens with zero attached hydrogens (tertiary/aromatic N) is 2. The van der Waals surface area contributed by atoms with E-state index in [0.29, 0.717) is 11.3 Å². The Morgan fingerprint density at radius 1 is 1.00 bits per heavy atom. The van der Waals surface area contributed by atoms with Gasteiger partial charge in [-0.1, -0.05) is 18.2 Å². The van der Waals surface area contributed by atoms with Crippen LogP contribution in [0.15, 0.2) is 48.7 Å². The molecule has 0 aliphatic rings. The minimum atomic E-state index is -0.597. The molecule has 3 aromatic rings. The maximum Gasteiger partial charge on any atom is 0.331 e. The van der Waals surface area contributed by atoms with Gasteiger partial charge >= 0.3 is 5.97 Å². The van der Waals surface area contributed by atoms with Crippen LogP contribution in [0.4, 0.5) is 0 Å². The highest BCUT2D eigenvalue weighted by atomic mass is 16.5. The van der Waals surface area contributed by atoms with Crippen molar-refractivity contribution in [2.45, 2.75) is 20.8 Å². The number of esters is 1. The topological polar surface area (TPSA) is 69.2 Å². The average Bonchev–Trinajstić information content (AvgIpc) is 2.67. The molecule has 0 aliphatic heterocycles. The molecule has 0 spiro atoms. The maximum atomic E-state index is 12.3. The lowest BCUT2D eigenvalue weighted by Crippen LogP contribution is -2.14. The Morgan fingerprint density at radius 3 is 2.48 bits per heavy atom. The largest absolute Gasteiger partial charge is 0.454 e. The molecule has 5 nitrogen and oxygen atoms in total. The number of benzene rings is 2. The van der Waals surface area contributed by atoms with Gasteiger partial charge in [0.2, 0.25) is 5.78 Å². The molecular formula is C22H20N2O3. The molecule has 1 heterocycles. The van der Waals surface area contributed by atoms with Crippen molar-refractivity contribution in [2.24, 2.45) is 0 Å². The number of carbonyl (C=O) groups excluding carboxylic acids is 2. The molecule has 0 atom stereocenters. The summed E-state index contributed by atoms with van der Waals surface area (Å²) in [7, 11) is 0. The van der Waals surface area contributed by atoms with Crippen molar-refractivity contribution in [1.82, 2.24) is 9.97 Å².